The van der Waals surface area contributed by atoms with Crippen LogP contribution in [0.15, 0.2) is 24.3 Å². The van der Waals surface area contributed by atoms with Crippen LogP contribution in [0.1, 0.15) is 25.8 Å². The van der Waals surface area contributed by atoms with Gasteiger partial charge in [0.2, 0.25) is 5.91 Å². The Morgan fingerprint density at radius 3 is 2.48 bits per heavy atom. The molecule has 0 saturated carbocycles. The molecule has 0 bridgehead atoms. The van der Waals surface area contributed by atoms with Crippen LogP contribution >= 0.6 is 0 Å². The van der Waals surface area contributed by atoms with Gasteiger partial charge in [-0.2, -0.15) is 0 Å². The minimum absolute atomic E-state index is 0.0897. The topological polar surface area (TPSA) is 101 Å². The second-order valence-electron chi connectivity index (χ2n) is 4.89. The number of nitrogens with zero attached hydrogens (tertiary/aromatic N) is 2. The summed E-state index contributed by atoms with van der Waals surface area (Å²) in [6.07, 6.45) is -0.268. The quantitative estimate of drug-likeness (QED) is 0.611. The van der Waals surface area contributed by atoms with E-state index in [1.165, 1.54) is 23.1 Å². The molecule has 114 valence electrons. The summed E-state index contributed by atoms with van der Waals surface area (Å²) >= 11 is 0. The molecule has 0 saturated heterocycles. The van der Waals surface area contributed by atoms with Crippen molar-refractivity contribution in [2.45, 2.75) is 32.7 Å². The first-order valence-electron chi connectivity index (χ1n) is 6.56. The Morgan fingerprint density at radius 1 is 1.33 bits per heavy atom. The van der Waals surface area contributed by atoms with E-state index in [9.17, 15) is 19.7 Å². The maximum absolute atomic E-state index is 12.3. The van der Waals surface area contributed by atoms with Crippen molar-refractivity contribution in [2.24, 2.45) is 0 Å². The molecule has 0 fully saturated rings. The summed E-state index contributed by atoms with van der Waals surface area (Å²) in [4.78, 5) is 34.7. The van der Waals surface area contributed by atoms with Crippen LogP contribution in [-0.4, -0.2) is 39.4 Å². The Kier molecular flexibility index (Phi) is 5.83. The molecular weight excluding hydrogens is 276 g/mol. The largest absolute Gasteiger partial charge is 0.481 e. The molecule has 0 radical (unpaired) electrons. The van der Waals surface area contributed by atoms with Gasteiger partial charge >= 0.3 is 5.97 Å². The van der Waals surface area contributed by atoms with Gasteiger partial charge in [-0.05, 0) is 13.8 Å². The number of hydrogen-bond donors (Lipinski definition) is 1. The lowest BCUT2D eigenvalue weighted by molar-refractivity contribution is -0.385. The number of nitro groups is 1. The molecular formula is C14H18N2O5. The van der Waals surface area contributed by atoms with Gasteiger partial charge in [0, 0.05) is 24.2 Å². The highest BCUT2D eigenvalue weighted by Crippen LogP contribution is 2.19. The predicted octanol–water partition coefficient (Wildman–Crippen LogP) is 1.85. The van der Waals surface area contributed by atoms with Crippen LogP contribution in [0.5, 0.6) is 0 Å². The predicted molar refractivity (Wildman–Crippen MR) is 75.9 cm³/mol. The van der Waals surface area contributed by atoms with Crippen LogP contribution in [0.4, 0.5) is 5.69 Å². The first-order valence-corrected chi connectivity index (χ1v) is 6.56. The fourth-order valence-corrected chi connectivity index (χ4v) is 1.99. The first kappa shape index (κ1) is 16.6. The maximum atomic E-state index is 12.3. The van der Waals surface area contributed by atoms with E-state index in [-0.39, 0.29) is 37.0 Å². The molecule has 0 spiro atoms. The lowest BCUT2D eigenvalue weighted by Gasteiger charge is -2.26. The first-order chi connectivity index (χ1) is 9.82. The number of hydrogen-bond acceptors (Lipinski definition) is 4. The Morgan fingerprint density at radius 2 is 1.95 bits per heavy atom. The zero-order valence-electron chi connectivity index (χ0n) is 12.0. The molecule has 0 unspecified atom stereocenters. The van der Waals surface area contributed by atoms with Gasteiger partial charge in [0.25, 0.3) is 5.69 Å². The second kappa shape index (κ2) is 7.37. The van der Waals surface area contributed by atoms with Crippen molar-refractivity contribution < 1.29 is 19.6 Å². The number of nitro benzene ring substituents is 1. The molecule has 7 nitrogen and oxygen atoms in total. The van der Waals surface area contributed by atoms with E-state index in [0.717, 1.165) is 0 Å². The summed E-state index contributed by atoms with van der Waals surface area (Å²) in [5.74, 6) is -1.31. The van der Waals surface area contributed by atoms with E-state index in [0.29, 0.717) is 5.56 Å². The molecule has 1 rings (SSSR count). The zero-order valence-corrected chi connectivity index (χ0v) is 12.0. The van der Waals surface area contributed by atoms with Crippen LogP contribution in [0.3, 0.4) is 0 Å². The van der Waals surface area contributed by atoms with Crippen molar-refractivity contribution in [3.8, 4) is 0 Å². The molecule has 0 aromatic heterocycles. The van der Waals surface area contributed by atoms with Gasteiger partial charge in [0.1, 0.15) is 0 Å². The van der Waals surface area contributed by atoms with E-state index in [1.807, 2.05) is 0 Å². The van der Waals surface area contributed by atoms with Gasteiger partial charge in [0.05, 0.1) is 17.8 Å². The molecule has 0 aliphatic carbocycles. The van der Waals surface area contributed by atoms with Gasteiger partial charge < -0.3 is 10.0 Å². The third-order valence-electron chi connectivity index (χ3n) is 3.04. The summed E-state index contributed by atoms with van der Waals surface area (Å²) < 4.78 is 0. The van der Waals surface area contributed by atoms with Gasteiger partial charge in [-0.15, -0.1) is 0 Å². The normalized spacial score (nSPS) is 10.4. The zero-order chi connectivity index (χ0) is 16.0. The highest BCUT2D eigenvalue weighted by molar-refractivity contribution is 5.80. The van der Waals surface area contributed by atoms with Crippen LogP contribution in [0, 0.1) is 10.1 Å². The van der Waals surface area contributed by atoms with Crippen molar-refractivity contribution in [2.75, 3.05) is 6.54 Å². The third-order valence-corrected chi connectivity index (χ3v) is 3.04. The van der Waals surface area contributed by atoms with Crippen LogP contribution < -0.4 is 0 Å². The summed E-state index contributed by atoms with van der Waals surface area (Å²) in [7, 11) is 0. The van der Waals surface area contributed by atoms with Crippen molar-refractivity contribution in [1.82, 2.24) is 4.90 Å². The molecule has 0 heterocycles. The highest BCUT2D eigenvalue weighted by Gasteiger charge is 2.21. The average molecular weight is 294 g/mol. The number of amides is 1. The average Bonchev–Trinajstić information content (AvgIpc) is 2.38. The van der Waals surface area contributed by atoms with Gasteiger partial charge in [-0.3, -0.25) is 19.7 Å². The van der Waals surface area contributed by atoms with Crippen molar-refractivity contribution in [1.29, 1.82) is 0 Å². The van der Waals surface area contributed by atoms with Gasteiger partial charge in [0.15, 0.2) is 0 Å². The highest BCUT2D eigenvalue weighted by atomic mass is 16.6. The second-order valence-corrected chi connectivity index (χ2v) is 4.89. The molecule has 1 amide bonds. The smallest absolute Gasteiger partial charge is 0.305 e. The van der Waals surface area contributed by atoms with Crippen molar-refractivity contribution in [3.63, 3.8) is 0 Å². The van der Waals surface area contributed by atoms with Crippen LogP contribution in [-0.2, 0) is 16.0 Å². The van der Waals surface area contributed by atoms with E-state index in [2.05, 4.69) is 0 Å². The van der Waals surface area contributed by atoms with Gasteiger partial charge in [-0.25, -0.2) is 0 Å². The molecule has 21 heavy (non-hydrogen) atoms. The number of aliphatic carboxylic acids is 1. The SMILES string of the molecule is CC(C)N(CCC(=O)O)C(=O)Cc1ccccc1[N+](=O)[O-]. The fraction of sp³-hybridized carbons (Fsp3) is 0.429. The Balaban J connectivity index is 2.87. The molecule has 0 aliphatic heterocycles. The standard InChI is InChI=1S/C14H18N2O5/c1-10(2)15(8-7-14(18)19)13(17)9-11-5-3-4-6-12(11)16(20)21/h3-6,10H,7-9H2,1-2H3,(H,18,19). The van der Waals surface area contributed by atoms with E-state index in [1.54, 1.807) is 19.9 Å². The van der Waals surface area contributed by atoms with Crippen molar-refractivity contribution >= 4 is 17.6 Å². The number of carboxylic acid groups (broad SMARTS) is 1. The minimum Gasteiger partial charge on any atom is -0.481 e. The number of carbonyl (C=O) groups excluding carboxylic acids is 1. The maximum Gasteiger partial charge on any atom is 0.305 e. The summed E-state index contributed by atoms with van der Waals surface area (Å²) in [5, 5.41) is 19.6. The van der Waals surface area contributed by atoms with E-state index >= 15 is 0 Å². The molecule has 0 atom stereocenters. The summed E-state index contributed by atoms with van der Waals surface area (Å²) in [6, 6.07) is 5.88. The molecule has 1 aromatic rings. The monoisotopic (exact) mass is 294 g/mol. The molecule has 0 aliphatic rings. The Hall–Kier alpha value is -2.44. The van der Waals surface area contributed by atoms with Crippen LogP contribution in [0.25, 0.3) is 0 Å². The number of rotatable bonds is 7. The minimum atomic E-state index is -0.987. The molecule has 7 heteroatoms. The third kappa shape index (κ3) is 4.87. The summed E-state index contributed by atoms with van der Waals surface area (Å²) in [5.41, 5.74) is 0.223. The lowest BCUT2D eigenvalue weighted by atomic mass is 10.1. The molecule has 1 aromatic carbocycles. The number of benzene rings is 1. The summed E-state index contributed by atoms with van der Waals surface area (Å²) in [6.45, 7) is 3.64. The fourth-order valence-electron chi connectivity index (χ4n) is 1.99. The number of carboxylic acids is 1. The van der Waals surface area contributed by atoms with Crippen LogP contribution in [0.2, 0.25) is 0 Å². The number of carbonyl (C=O) groups is 2. The van der Waals surface area contributed by atoms with Crippen molar-refractivity contribution in [3.05, 3.63) is 39.9 Å². The van der Waals surface area contributed by atoms with E-state index in [4.69, 9.17) is 5.11 Å². The lowest BCUT2D eigenvalue weighted by Crippen LogP contribution is -2.39. The van der Waals surface area contributed by atoms with Gasteiger partial charge in [-0.1, -0.05) is 18.2 Å². The number of para-hydroxylation sites is 1. The Labute approximate surface area is 122 Å². The molecule has 1 N–H and O–H groups in total. The Bertz CT molecular complexity index is 542. The van der Waals surface area contributed by atoms with E-state index < -0.39 is 10.9 Å².